The molecule has 178 valence electrons. The zero-order valence-corrected chi connectivity index (χ0v) is 18.9. The number of rotatable bonds is 8. The van der Waals surface area contributed by atoms with Crippen LogP contribution in [0.3, 0.4) is 0 Å². The predicted molar refractivity (Wildman–Crippen MR) is 116 cm³/mol. The number of aryl methyl sites for hydroxylation is 1. The molecule has 33 heavy (non-hydrogen) atoms. The summed E-state index contributed by atoms with van der Waals surface area (Å²) in [6, 6.07) is 5.12. The number of nitrogens with zero attached hydrogens (tertiary/aromatic N) is 4. The Morgan fingerprint density at radius 1 is 1.27 bits per heavy atom. The maximum Gasteiger partial charge on any atom is 0.435 e. The van der Waals surface area contributed by atoms with Gasteiger partial charge in [-0.1, -0.05) is 13.8 Å². The predicted octanol–water partition coefficient (Wildman–Crippen LogP) is 2.79. The fourth-order valence-electron chi connectivity index (χ4n) is 3.16. The van der Waals surface area contributed by atoms with Gasteiger partial charge in [-0.15, -0.1) is 0 Å². The summed E-state index contributed by atoms with van der Waals surface area (Å²) < 4.78 is 71.3. The number of amides is 1. The number of pyridine rings is 1. The number of nitrogens with one attached hydrogen (secondary N) is 2. The van der Waals surface area contributed by atoms with Gasteiger partial charge >= 0.3 is 16.4 Å². The lowest BCUT2D eigenvalue weighted by Crippen LogP contribution is -2.40. The van der Waals surface area contributed by atoms with E-state index >= 15 is 0 Å². The molecule has 2 N–H and O–H groups in total. The van der Waals surface area contributed by atoms with Gasteiger partial charge in [0.1, 0.15) is 11.5 Å². The average Bonchev–Trinajstić information content (AvgIpc) is 3.25. The van der Waals surface area contributed by atoms with Crippen LogP contribution in [0.5, 0.6) is 0 Å². The molecule has 0 atom stereocenters. The van der Waals surface area contributed by atoms with E-state index in [-0.39, 0.29) is 18.3 Å². The van der Waals surface area contributed by atoms with E-state index in [1.807, 2.05) is 13.8 Å². The summed E-state index contributed by atoms with van der Waals surface area (Å²) in [5.74, 6) is -0.851. The normalized spacial score (nSPS) is 12.8. The lowest BCUT2D eigenvalue weighted by Gasteiger charge is -2.09. The number of hydrogen-bond acceptors (Lipinski definition) is 5. The largest absolute Gasteiger partial charge is 0.435 e. The Labute approximate surface area is 188 Å². The first-order valence-corrected chi connectivity index (χ1v) is 11.4. The molecule has 13 heteroatoms. The highest BCUT2D eigenvalue weighted by molar-refractivity contribution is 7.88. The van der Waals surface area contributed by atoms with E-state index in [4.69, 9.17) is 0 Å². The maximum absolute atomic E-state index is 13.7. The van der Waals surface area contributed by atoms with Gasteiger partial charge in [0.15, 0.2) is 5.69 Å². The third-order valence-corrected chi connectivity index (χ3v) is 5.70. The van der Waals surface area contributed by atoms with Crippen LogP contribution in [0.1, 0.15) is 31.5 Å². The summed E-state index contributed by atoms with van der Waals surface area (Å²) in [7, 11) is -2.82. The van der Waals surface area contributed by atoms with Crippen molar-refractivity contribution in [1.29, 1.82) is 0 Å². The minimum Gasteiger partial charge on any atom is -0.285 e. The van der Waals surface area contributed by atoms with Crippen molar-refractivity contribution in [3.05, 3.63) is 47.9 Å². The molecule has 0 aromatic carbocycles. The van der Waals surface area contributed by atoms with Crippen LogP contribution in [-0.4, -0.2) is 40.2 Å². The molecule has 0 fully saturated rings. The van der Waals surface area contributed by atoms with Gasteiger partial charge in [0, 0.05) is 37.4 Å². The monoisotopic (exact) mass is 484 g/mol. The molecular formula is C20H23F3N6O3S. The first-order valence-electron chi connectivity index (χ1n) is 9.95. The second-order valence-electron chi connectivity index (χ2n) is 7.69. The average molecular weight is 485 g/mol. The van der Waals surface area contributed by atoms with Crippen LogP contribution < -0.4 is 9.44 Å². The molecule has 0 aliphatic rings. The van der Waals surface area contributed by atoms with Crippen molar-refractivity contribution in [3.63, 3.8) is 0 Å². The van der Waals surface area contributed by atoms with Crippen molar-refractivity contribution in [2.45, 2.75) is 26.4 Å². The Kier molecular flexibility index (Phi) is 6.93. The van der Waals surface area contributed by atoms with E-state index in [0.29, 0.717) is 17.5 Å². The number of alkyl halides is 3. The van der Waals surface area contributed by atoms with Crippen LogP contribution >= 0.6 is 0 Å². The van der Waals surface area contributed by atoms with Gasteiger partial charge in [0.2, 0.25) is 0 Å². The summed E-state index contributed by atoms with van der Waals surface area (Å²) in [6.07, 6.45) is 0.385. The van der Waals surface area contributed by atoms with Gasteiger partial charge in [-0.05, 0) is 36.6 Å². The van der Waals surface area contributed by atoms with E-state index in [2.05, 4.69) is 14.8 Å². The molecule has 3 rings (SSSR count). The van der Waals surface area contributed by atoms with Gasteiger partial charge in [-0.2, -0.15) is 31.4 Å². The molecule has 0 saturated carbocycles. The molecule has 0 aliphatic heterocycles. The summed E-state index contributed by atoms with van der Waals surface area (Å²) >= 11 is 0. The Bertz CT molecular complexity index is 1290. The van der Waals surface area contributed by atoms with Crippen molar-refractivity contribution in [3.8, 4) is 5.82 Å². The van der Waals surface area contributed by atoms with Gasteiger partial charge in [-0.25, -0.2) is 9.71 Å². The highest BCUT2D eigenvalue weighted by Crippen LogP contribution is 2.35. The number of carbonyl (C=O) groups excluding carboxylic acids is 1. The molecule has 0 aliphatic carbocycles. The Hall–Kier alpha value is -3.19. The third kappa shape index (κ3) is 5.79. The minimum absolute atomic E-state index is 0.0120. The quantitative estimate of drug-likeness (QED) is 0.478. The number of aromatic nitrogens is 4. The SMILES string of the molecule is CC(C)CCNS(=O)(=O)NC(=O)/C=C/c1c(C(F)(F)F)nn(C)c1-n1ccc2cccnc21. The van der Waals surface area contributed by atoms with Gasteiger partial charge in [0.25, 0.3) is 5.91 Å². The molecule has 0 unspecified atom stereocenters. The smallest absolute Gasteiger partial charge is 0.285 e. The van der Waals surface area contributed by atoms with Crippen molar-refractivity contribution in [2.24, 2.45) is 13.0 Å². The first kappa shape index (κ1) is 24.5. The van der Waals surface area contributed by atoms with Gasteiger partial charge in [-0.3, -0.25) is 14.0 Å². The Balaban J connectivity index is 1.95. The van der Waals surface area contributed by atoms with Crippen LogP contribution in [-0.2, 0) is 28.2 Å². The molecule has 0 radical (unpaired) electrons. The second-order valence-corrected chi connectivity index (χ2v) is 9.19. The summed E-state index contributed by atoms with van der Waals surface area (Å²) in [4.78, 5) is 16.4. The van der Waals surface area contributed by atoms with Crippen molar-refractivity contribution >= 4 is 33.2 Å². The van der Waals surface area contributed by atoms with Crippen molar-refractivity contribution < 1.29 is 26.4 Å². The minimum atomic E-state index is -4.81. The maximum atomic E-state index is 13.7. The summed E-state index contributed by atoms with van der Waals surface area (Å²) in [5, 5.41) is 4.28. The lowest BCUT2D eigenvalue weighted by molar-refractivity contribution is -0.141. The van der Waals surface area contributed by atoms with E-state index in [9.17, 15) is 26.4 Å². The number of halogens is 3. The lowest BCUT2D eigenvalue weighted by atomic mass is 10.1. The van der Waals surface area contributed by atoms with Crippen molar-refractivity contribution in [2.75, 3.05) is 6.54 Å². The fourth-order valence-corrected chi connectivity index (χ4v) is 3.95. The molecule has 0 bridgehead atoms. The van der Waals surface area contributed by atoms with Gasteiger partial charge in [0.05, 0.1) is 5.56 Å². The summed E-state index contributed by atoms with van der Waals surface area (Å²) in [6.45, 7) is 3.92. The fraction of sp³-hybridized carbons (Fsp3) is 0.350. The van der Waals surface area contributed by atoms with Crippen LogP contribution in [0.25, 0.3) is 22.9 Å². The van der Waals surface area contributed by atoms with Crippen LogP contribution in [0.15, 0.2) is 36.7 Å². The van der Waals surface area contributed by atoms with E-state index in [0.717, 1.165) is 16.8 Å². The Morgan fingerprint density at radius 3 is 2.67 bits per heavy atom. The third-order valence-electron chi connectivity index (χ3n) is 4.65. The number of carbonyl (C=O) groups is 1. The molecule has 0 spiro atoms. The highest BCUT2D eigenvalue weighted by Gasteiger charge is 2.38. The molecule has 1 amide bonds. The van der Waals surface area contributed by atoms with Crippen LogP contribution in [0, 0.1) is 5.92 Å². The Morgan fingerprint density at radius 2 is 2.00 bits per heavy atom. The van der Waals surface area contributed by atoms with Crippen molar-refractivity contribution in [1.82, 2.24) is 28.8 Å². The molecular weight excluding hydrogens is 461 g/mol. The zero-order valence-electron chi connectivity index (χ0n) is 18.1. The van der Waals surface area contributed by atoms with Gasteiger partial charge < -0.3 is 0 Å². The van der Waals surface area contributed by atoms with Crippen LogP contribution in [0.4, 0.5) is 13.2 Å². The molecule has 3 heterocycles. The first-order chi connectivity index (χ1) is 15.4. The number of fused-ring (bicyclic) bond motifs is 1. The molecule has 3 aromatic rings. The number of hydrogen-bond donors (Lipinski definition) is 2. The van der Waals surface area contributed by atoms with E-state index < -0.39 is 33.6 Å². The molecule has 0 saturated heterocycles. The topological polar surface area (TPSA) is 111 Å². The second kappa shape index (κ2) is 9.35. The summed E-state index contributed by atoms with van der Waals surface area (Å²) in [5.41, 5.74) is -1.24. The molecule has 3 aromatic heterocycles. The van der Waals surface area contributed by atoms with Crippen LogP contribution in [0.2, 0.25) is 0 Å². The van der Waals surface area contributed by atoms with E-state index in [1.54, 1.807) is 22.9 Å². The molecule has 9 nitrogen and oxygen atoms in total. The highest BCUT2D eigenvalue weighted by atomic mass is 32.2. The van der Waals surface area contributed by atoms with E-state index in [1.165, 1.54) is 24.0 Å². The zero-order chi connectivity index (χ0) is 24.4. The standard InChI is InChI=1S/C20H23F3N6O3S/c1-13(2)8-11-25-33(31,32)27-16(30)7-6-15-17(20(21,22)23)26-28(3)19(15)29-12-9-14-5-4-10-24-18(14)29/h4-7,9-10,12-13,25H,8,11H2,1-3H3,(H,27,30)/b7-6+.